The van der Waals surface area contributed by atoms with E-state index in [2.05, 4.69) is 15.1 Å². The lowest BCUT2D eigenvalue weighted by atomic mass is 10.1. The van der Waals surface area contributed by atoms with Gasteiger partial charge in [0.25, 0.3) is 5.56 Å². The molecule has 0 atom stereocenters. The van der Waals surface area contributed by atoms with Crippen LogP contribution in [0.3, 0.4) is 0 Å². The first-order valence-electron chi connectivity index (χ1n) is 7.17. The number of nitrogens with one attached hydrogen (secondary N) is 1. The third-order valence-corrected chi connectivity index (χ3v) is 3.78. The minimum atomic E-state index is -0.379. The smallest absolute Gasteiger partial charge is 0.276 e. The number of benzene rings is 1. The van der Waals surface area contributed by atoms with Crippen LogP contribution < -0.4 is 16.3 Å². The summed E-state index contributed by atoms with van der Waals surface area (Å²) < 4.78 is 15.3. The number of nitrogens with zero attached hydrogens (tertiary/aromatic N) is 3. The van der Waals surface area contributed by atoms with Crippen LogP contribution in [0, 0.1) is 5.82 Å². The molecule has 1 aliphatic rings. The molecule has 0 unspecified atom stereocenters. The van der Waals surface area contributed by atoms with Gasteiger partial charge in [-0.1, -0.05) is 24.3 Å². The van der Waals surface area contributed by atoms with Crippen molar-refractivity contribution in [3.05, 3.63) is 62.4 Å². The van der Waals surface area contributed by atoms with Gasteiger partial charge in [-0.2, -0.15) is 9.61 Å². The van der Waals surface area contributed by atoms with E-state index >= 15 is 0 Å². The SMILES string of the molecule is O=c1[nH]c2nc3c(nn2/c1=C/c1ccccc1F)CCCC=3. The van der Waals surface area contributed by atoms with Crippen LogP contribution in [0.1, 0.15) is 24.1 Å². The minimum Gasteiger partial charge on any atom is -0.289 e. The Kier molecular flexibility index (Phi) is 2.89. The van der Waals surface area contributed by atoms with Crippen LogP contribution in [0.25, 0.3) is 17.9 Å². The van der Waals surface area contributed by atoms with Crippen molar-refractivity contribution in [1.29, 1.82) is 0 Å². The first-order valence-corrected chi connectivity index (χ1v) is 7.17. The Bertz CT molecular complexity index is 1050. The largest absolute Gasteiger partial charge is 0.289 e. The molecule has 0 radical (unpaired) electrons. The number of fused-ring (bicyclic) bond motifs is 2. The first-order chi connectivity index (χ1) is 10.7. The van der Waals surface area contributed by atoms with E-state index < -0.39 is 0 Å². The van der Waals surface area contributed by atoms with Gasteiger partial charge in [-0.15, -0.1) is 0 Å². The van der Waals surface area contributed by atoms with E-state index in [-0.39, 0.29) is 16.7 Å². The normalized spacial score (nSPS) is 14.9. The van der Waals surface area contributed by atoms with Crippen LogP contribution >= 0.6 is 0 Å². The second-order valence-electron chi connectivity index (χ2n) is 5.28. The van der Waals surface area contributed by atoms with Crippen LogP contribution in [0.4, 0.5) is 4.39 Å². The van der Waals surface area contributed by atoms with Gasteiger partial charge in [-0.25, -0.2) is 9.37 Å². The molecule has 0 saturated heterocycles. The summed E-state index contributed by atoms with van der Waals surface area (Å²) in [6, 6.07) is 6.31. The Labute approximate surface area is 124 Å². The molecule has 3 aromatic rings. The summed E-state index contributed by atoms with van der Waals surface area (Å²) in [6.07, 6.45) is 6.35. The van der Waals surface area contributed by atoms with Crippen molar-refractivity contribution in [3.63, 3.8) is 0 Å². The highest BCUT2D eigenvalue weighted by atomic mass is 19.1. The highest BCUT2D eigenvalue weighted by Gasteiger charge is 2.10. The van der Waals surface area contributed by atoms with Crippen molar-refractivity contribution in [3.8, 4) is 0 Å². The van der Waals surface area contributed by atoms with Crippen molar-refractivity contribution in [2.24, 2.45) is 0 Å². The fourth-order valence-electron chi connectivity index (χ4n) is 2.67. The predicted octanol–water partition coefficient (Wildman–Crippen LogP) is 0.502. The van der Waals surface area contributed by atoms with Gasteiger partial charge >= 0.3 is 0 Å². The molecule has 5 nitrogen and oxygen atoms in total. The Balaban J connectivity index is 2.05. The average molecular weight is 296 g/mol. The fraction of sp³-hybridized carbons (Fsp3) is 0.188. The Morgan fingerprint density at radius 1 is 1.32 bits per heavy atom. The highest BCUT2D eigenvalue weighted by Crippen LogP contribution is 2.06. The molecule has 2 aromatic heterocycles. The lowest BCUT2D eigenvalue weighted by Gasteiger charge is -2.06. The molecule has 1 aromatic carbocycles. The summed E-state index contributed by atoms with van der Waals surface area (Å²) in [4.78, 5) is 19.3. The zero-order valence-electron chi connectivity index (χ0n) is 11.7. The number of imidazole rings is 1. The van der Waals surface area contributed by atoms with E-state index in [0.717, 1.165) is 30.3 Å². The van der Waals surface area contributed by atoms with E-state index in [0.29, 0.717) is 11.3 Å². The van der Waals surface area contributed by atoms with Crippen molar-refractivity contribution >= 4 is 17.9 Å². The lowest BCUT2D eigenvalue weighted by molar-refractivity contribution is 0.625. The van der Waals surface area contributed by atoms with Gasteiger partial charge in [0.1, 0.15) is 11.2 Å². The maximum atomic E-state index is 13.8. The number of rotatable bonds is 1. The Hall–Kier alpha value is -2.76. The van der Waals surface area contributed by atoms with E-state index in [4.69, 9.17) is 0 Å². The maximum absolute atomic E-state index is 13.8. The molecule has 4 rings (SSSR count). The van der Waals surface area contributed by atoms with Gasteiger partial charge in [0.2, 0.25) is 5.78 Å². The van der Waals surface area contributed by atoms with Crippen molar-refractivity contribution < 1.29 is 4.39 Å². The van der Waals surface area contributed by atoms with Crippen LogP contribution in [0.5, 0.6) is 0 Å². The number of aromatic amines is 1. The average Bonchev–Trinajstić information content (AvgIpc) is 2.82. The van der Waals surface area contributed by atoms with Gasteiger partial charge in [-0.05, 0) is 31.4 Å². The van der Waals surface area contributed by atoms with E-state index in [9.17, 15) is 9.18 Å². The van der Waals surface area contributed by atoms with Crippen LogP contribution in [-0.2, 0) is 6.42 Å². The van der Waals surface area contributed by atoms with Gasteiger partial charge in [0.05, 0.1) is 11.0 Å². The molecule has 0 fully saturated rings. The molecular weight excluding hydrogens is 283 g/mol. The van der Waals surface area contributed by atoms with Gasteiger partial charge in [0, 0.05) is 5.56 Å². The van der Waals surface area contributed by atoms with E-state index in [1.54, 1.807) is 18.2 Å². The third-order valence-electron chi connectivity index (χ3n) is 3.78. The second-order valence-corrected chi connectivity index (χ2v) is 5.28. The summed E-state index contributed by atoms with van der Waals surface area (Å²) >= 11 is 0. The highest BCUT2D eigenvalue weighted by molar-refractivity contribution is 5.50. The quantitative estimate of drug-likeness (QED) is 0.711. The van der Waals surface area contributed by atoms with E-state index in [1.807, 2.05) is 6.08 Å². The lowest BCUT2D eigenvalue weighted by Crippen LogP contribution is -2.30. The summed E-state index contributed by atoms with van der Waals surface area (Å²) in [7, 11) is 0. The van der Waals surface area contributed by atoms with Gasteiger partial charge in [0.15, 0.2) is 0 Å². The number of halogens is 1. The minimum absolute atomic E-state index is 0.279. The van der Waals surface area contributed by atoms with Crippen molar-refractivity contribution in [1.82, 2.24) is 19.6 Å². The monoisotopic (exact) mass is 296 g/mol. The predicted molar refractivity (Wildman–Crippen MR) is 80.2 cm³/mol. The summed E-state index contributed by atoms with van der Waals surface area (Å²) in [6.45, 7) is 0. The molecule has 22 heavy (non-hydrogen) atoms. The van der Waals surface area contributed by atoms with Crippen molar-refractivity contribution in [2.75, 3.05) is 0 Å². The number of aromatic nitrogens is 4. The van der Waals surface area contributed by atoms with Gasteiger partial charge < -0.3 is 0 Å². The van der Waals surface area contributed by atoms with E-state index in [1.165, 1.54) is 16.7 Å². The number of hydrogen-bond acceptors (Lipinski definition) is 3. The molecule has 0 aliphatic heterocycles. The molecule has 1 N–H and O–H groups in total. The molecule has 2 heterocycles. The molecule has 110 valence electrons. The number of aryl methyl sites for hydroxylation is 1. The maximum Gasteiger partial charge on any atom is 0.276 e. The zero-order chi connectivity index (χ0) is 15.1. The second kappa shape index (κ2) is 4.91. The number of H-pyrrole nitrogens is 1. The summed E-state index contributed by atoms with van der Waals surface area (Å²) in [5, 5.41) is 5.60. The number of hydrogen-bond donors (Lipinski definition) is 1. The molecule has 1 aliphatic carbocycles. The van der Waals surface area contributed by atoms with Crippen LogP contribution in [-0.4, -0.2) is 19.6 Å². The Morgan fingerprint density at radius 3 is 3.05 bits per heavy atom. The van der Waals surface area contributed by atoms with Crippen LogP contribution in [0.2, 0.25) is 0 Å². The zero-order valence-corrected chi connectivity index (χ0v) is 11.7. The molecule has 0 spiro atoms. The molecule has 0 amide bonds. The third kappa shape index (κ3) is 2.04. The standard InChI is InChI=1S/C16H13FN4O/c17-11-6-2-1-5-10(11)9-14-15(22)19-16-18-12-7-3-4-8-13(12)20-21(14)16/h1-2,5-7,9H,3-4,8H2,(H,18,19,22)/b14-9+. The summed E-state index contributed by atoms with van der Waals surface area (Å²) in [5.74, 6) is 0.000548. The summed E-state index contributed by atoms with van der Waals surface area (Å²) in [5.41, 5.74) is 0.885. The van der Waals surface area contributed by atoms with Gasteiger partial charge in [-0.3, -0.25) is 9.78 Å². The topological polar surface area (TPSA) is 63.0 Å². The van der Waals surface area contributed by atoms with Crippen molar-refractivity contribution in [2.45, 2.75) is 19.3 Å². The fourth-order valence-corrected chi connectivity index (χ4v) is 2.67. The molecule has 0 bridgehead atoms. The van der Waals surface area contributed by atoms with Crippen LogP contribution in [0.15, 0.2) is 29.1 Å². The first kappa shape index (κ1) is 12.9. The Morgan fingerprint density at radius 2 is 2.18 bits per heavy atom. The molecular formula is C16H13FN4O. The molecule has 0 saturated carbocycles. The molecule has 6 heteroatoms.